The standard InChI is InChI=1S/C14H18N4O/c1-9-11(8-15-18(9)2)14-16-12(7-13(19)17-14)10-5-3-4-6-10/h7-8,10H,3-6H2,1-2H3,(H,16,17,19). The van der Waals surface area contributed by atoms with Gasteiger partial charge < -0.3 is 4.98 Å². The lowest BCUT2D eigenvalue weighted by atomic mass is 10.0. The number of rotatable bonds is 2. The molecular formula is C14H18N4O. The third-order valence-corrected chi connectivity index (χ3v) is 4.03. The van der Waals surface area contributed by atoms with Crippen molar-refractivity contribution in [3.8, 4) is 11.4 Å². The third-order valence-electron chi connectivity index (χ3n) is 4.03. The first-order chi connectivity index (χ1) is 9.15. The highest BCUT2D eigenvalue weighted by Crippen LogP contribution is 2.33. The monoisotopic (exact) mass is 258 g/mol. The average Bonchev–Trinajstić information content (AvgIpc) is 3.01. The highest BCUT2D eigenvalue weighted by molar-refractivity contribution is 5.56. The van der Waals surface area contributed by atoms with Gasteiger partial charge in [0.1, 0.15) is 5.82 Å². The molecule has 0 radical (unpaired) electrons. The number of aromatic amines is 1. The Hall–Kier alpha value is -1.91. The van der Waals surface area contributed by atoms with Crippen molar-refractivity contribution < 1.29 is 0 Å². The molecule has 0 amide bonds. The van der Waals surface area contributed by atoms with E-state index >= 15 is 0 Å². The van der Waals surface area contributed by atoms with Crippen molar-refractivity contribution in [3.05, 3.63) is 34.0 Å². The van der Waals surface area contributed by atoms with Crippen molar-refractivity contribution in [1.82, 2.24) is 19.7 Å². The maximum atomic E-state index is 11.8. The maximum absolute atomic E-state index is 11.8. The maximum Gasteiger partial charge on any atom is 0.251 e. The molecule has 0 saturated heterocycles. The molecule has 0 atom stereocenters. The number of aryl methyl sites for hydroxylation is 1. The summed E-state index contributed by atoms with van der Waals surface area (Å²) in [5, 5.41) is 4.20. The highest BCUT2D eigenvalue weighted by atomic mass is 16.1. The number of hydrogen-bond acceptors (Lipinski definition) is 3. The number of nitrogens with one attached hydrogen (secondary N) is 1. The molecule has 2 aromatic heterocycles. The lowest BCUT2D eigenvalue weighted by Crippen LogP contribution is -2.12. The van der Waals surface area contributed by atoms with Gasteiger partial charge in [0.05, 0.1) is 17.5 Å². The molecule has 2 aromatic rings. The Morgan fingerprint density at radius 1 is 1.37 bits per heavy atom. The first-order valence-corrected chi connectivity index (χ1v) is 6.75. The van der Waals surface area contributed by atoms with Crippen LogP contribution >= 0.6 is 0 Å². The van der Waals surface area contributed by atoms with E-state index in [2.05, 4.69) is 15.1 Å². The summed E-state index contributed by atoms with van der Waals surface area (Å²) in [5.41, 5.74) is 2.76. The molecule has 1 saturated carbocycles. The van der Waals surface area contributed by atoms with Crippen LogP contribution in [0.25, 0.3) is 11.4 Å². The minimum atomic E-state index is -0.0739. The van der Waals surface area contributed by atoms with Crippen LogP contribution in [-0.4, -0.2) is 19.7 Å². The Bertz CT molecular complexity index is 650. The molecule has 0 spiro atoms. The highest BCUT2D eigenvalue weighted by Gasteiger charge is 2.20. The van der Waals surface area contributed by atoms with E-state index in [0.717, 1.165) is 29.8 Å². The van der Waals surface area contributed by atoms with Gasteiger partial charge in [-0.2, -0.15) is 5.10 Å². The summed E-state index contributed by atoms with van der Waals surface area (Å²) in [7, 11) is 1.89. The Morgan fingerprint density at radius 3 is 2.74 bits per heavy atom. The molecule has 2 heterocycles. The minimum absolute atomic E-state index is 0.0739. The van der Waals surface area contributed by atoms with Gasteiger partial charge in [0.15, 0.2) is 0 Å². The molecule has 0 unspecified atom stereocenters. The largest absolute Gasteiger partial charge is 0.306 e. The van der Waals surface area contributed by atoms with E-state index in [9.17, 15) is 4.79 Å². The van der Waals surface area contributed by atoms with Crippen molar-refractivity contribution in [3.63, 3.8) is 0 Å². The van der Waals surface area contributed by atoms with Crippen LogP contribution in [-0.2, 0) is 7.05 Å². The zero-order chi connectivity index (χ0) is 13.4. The Kier molecular flexibility index (Phi) is 2.97. The van der Waals surface area contributed by atoms with Gasteiger partial charge in [-0.05, 0) is 19.8 Å². The molecule has 5 heteroatoms. The molecule has 0 bridgehead atoms. The van der Waals surface area contributed by atoms with Gasteiger partial charge in [0.25, 0.3) is 5.56 Å². The van der Waals surface area contributed by atoms with Crippen molar-refractivity contribution in [2.45, 2.75) is 38.5 Å². The van der Waals surface area contributed by atoms with Crippen LogP contribution in [0.15, 0.2) is 17.1 Å². The molecular weight excluding hydrogens is 240 g/mol. The Labute approximate surface area is 111 Å². The lowest BCUT2D eigenvalue weighted by Gasteiger charge is -2.09. The number of hydrogen-bond donors (Lipinski definition) is 1. The van der Waals surface area contributed by atoms with E-state index in [0.29, 0.717) is 11.7 Å². The van der Waals surface area contributed by atoms with Gasteiger partial charge in [-0.3, -0.25) is 9.48 Å². The van der Waals surface area contributed by atoms with Gasteiger partial charge >= 0.3 is 0 Å². The molecule has 1 N–H and O–H groups in total. The topological polar surface area (TPSA) is 63.6 Å². The molecule has 1 aliphatic carbocycles. The number of nitrogens with zero attached hydrogens (tertiary/aromatic N) is 3. The fraction of sp³-hybridized carbons (Fsp3) is 0.500. The van der Waals surface area contributed by atoms with E-state index in [1.165, 1.54) is 12.8 Å². The normalized spacial score (nSPS) is 16.1. The predicted molar refractivity (Wildman–Crippen MR) is 73.0 cm³/mol. The van der Waals surface area contributed by atoms with Crippen LogP contribution in [0.5, 0.6) is 0 Å². The van der Waals surface area contributed by atoms with Crippen LogP contribution < -0.4 is 5.56 Å². The fourth-order valence-corrected chi connectivity index (χ4v) is 2.77. The molecule has 5 nitrogen and oxygen atoms in total. The molecule has 1 aliphatic rings. The van der Waals surface area contributed by atoms with Gasteiger partial charge in [0.2, 0.25) is 0 Å². The predicted octanol–water partition coefficient (Wildman–Crippen LogP) is 2.14. The summed E-state index contributed by atoms with van der Waals surface area (Å²) >= 11 is 0. The summed E-state index contributed by atoms with van der Waals surface area (Å²) in [6.45, 7) is 1.98. The van der Waals surface area contributed by atoms with Crippen molar-refractivity contribution in [2.75, 3.05) is 0 Å². The second kappa shape index (κ2) is 4.64. The van der Waals surface area contributed by atoms with E-state index in [1.54, 1.807) is 16.9 Å². The first kappa shape index (κ1) is 12.1. The van der Waals surface area contributed by atoms with Crippen LogP contribution in [0, 0.1) is 6.92 Å². The smallest absolute Gasteiger partial charge is 0.251 e. The van der Waals surface area contributed by atoms with E-state index in [-0.39, 0.29) is 5.56 Å². The van der Waals surface area contributed by atoms with Gasteiger partial charge in [-0.25, -0.2) is 4.98 Å². The van der Waals surface area contributed by atoms with E-state index in [4.69, 9.17) is 0 Å². The van der Waals surface area contributed by atoms with Gasteiger partial charge in [-0.1, -0.05) is 12.8 Å². The SMILES string of the molecule is Cc1c(-c2nc(C3CCCC3)cc(=O)[nH]2)cnn1C. The molecule has 19 heavy (non-hydrogen) atoms. The fourth-order valence-electron chi connectivity index (χ4n) is 2.77. The average molecular weight is 258 g/mol. The number of aromatic nitrogens is 4. The molecule has 0 aliphatic heterocycles. The second-order valence-electron chi connectivity index (χ2n) is 5.27. The van der Waals surface area contributed by atoms with E-state index < -0.39 is 0 Å². The Morgan fingerprint density at radius 2 is 2.11 bits per heavy atom. The molecule has 3 rings (SSSR count). The van der Waals surface area contributed by atoms with Crippen LogP contribution in [0.4, 0.5) is 0 Å². The summed E-state index contributed by atoms with van der Waals surface area (Å²) < 4.78 is 1.79. The summed E-state index contributed by atoms with van der Waals surface area (Å²) in [6.07, 6.45) is 6.51. The summed E-state index contributed by atoms with van der Waals surface area (Å²) in [6, 6.07) is 1.64. The van der Waals surface area contributed by atoms with Crippen molar-refractivity contribution in [2.24, 2.45) is 7.05 Å². The minimum Gasteiger partial charge on any atom is -0.306 e. The summed E-state index contributed by atoms with van der Waals surface area (Å²) in [4.78, 5) is 19.3. The van der Waals surface area contributed by atoms with Gasteiger partial charge in [-0.15, -0.1) is 0 Å². The van der Waals surface area contributed by atoms with Crippen molar-refractivity contribution >= 4 is 0 Å². The van der Waals surface area contributed by atoms with Gasteiger partial charge in [0, 0.05) is 24.7 Å². The number of H-pyrrole nitrogens is 1. The third kappa shape index (κ3) is 2.20. The molecule has 100 valence electrons. The van der Waals surface area contributed by atoms with Crippen LogP contribution in [0.2, 0.25) is 0 Å². The van der Waals surface area contributed by atoms with E-state index in [1.807, 2.05) is 14.0 Å². The Balaban J connectivity index is 2.07. The zero-order valence-corrected chi connectivity index (χ0v) is 11.3. The second-order valence-corrected chi connectivity index (χ2v) is 5.27. The first-order valence-electron chi connectivity index (χ1n) is 6.75. The summed E-state index contributed by atoms with van der Waals surface area (Å²) in [5.74, 6) is 1.08. The lowest BCUT2D eigenvalue weighted by molar-refractivity contribution is 0.693. The van der Waals surface area contributed by atoms with Crippen molar-refractivity contribution in [1.29, 1.82) is 0 Å². The van der Waals surface area contributed by atoms with Crippen LogP contribution in [0.3, 0.4) is 0 Å². The zero-order valence-electron chi connectivity index (χ0n) is 11.3. The molecule has 1 fully saturated rings. The molecule has 0 aromatic carbocycles. The quantitative estimate of drug-likeness (QED) is 0.897. The van der Waals surface area contributed by atoms with Crippen LogP contribution in [0.1, 0.15) is 43.0 Å².